The Balaban J connectivity index is 0. The molecule has 0 heterocycles. The van der Waals surface area contributed by atoms with Crippen LogP contribution in [0.1, 0.15) is 12.8 Å². The van der Waals surface area contributed by atoms with Gasteiger partial charge in [-0.3, -0.25) is 4.79 Å². The quantitative estimate of drug-likeness (QED) is 0.376. The molecule has 0 saturated heterocycles. The van der Waals surface area contributed by atoms with Crippen molar-refractivity contribution in [3.05, 3.63) is 0 Å². The van der Waals surface area contributed by atoms with Gasteiger partial charge in [0, 0.05) is 13.0 Å². The Morgan fingerprint density at radius 3 is 1.93 bits per heavy atom. The number of ether oxygens (including phenoxy) is 2. The summed E-state index contributed by atoms with van der Waals surface area (Å²) in [5.74, 6) is -0.265. The fraction of sp³-hybridized carbons (Fsp3) is 0.889. The number of hydrogen-bond acceptors (Lipinski definition) is 6. The van der Waals surface area contributed by atoms with E-state index in [0.29, 0.717) is 26.1 Å². The molecule has 0 aliphatic carbocycles. The first kappa shape index (κ1) is 16.7. The van der Waals surface area contributed by atoms with Gasteiger partial charge in [-0.25, -0.2) is 0 Å². The molecule has 0 radical (unpaired) electrons. The monoisotopic (exact) mass is 224 g/mol. The summed E-state index contributed by atoms with van der Waals surface area (Å²) in [6.07, 6.45) is 0.805. The van der Waals surface area contributed by atoms with Crippen molar-refractivity contribution in [1.82, 2.24) is 0 Å². The molecule has 0 spiro atoms. The summed E-state index contributed by atoms with van der Waals surface area (Å²) >= 11 is 0. The molecule has 0 bridgehead atoms. The molecule has 0 aliphatic heterocycles. The van der Waals surface area contributed by atoms with E-state index in [2.05, 4.69) is 9.47 Å². The highest BCUT2D eigenvalue weighted by Crippen LogP contribution is 1.87. The second-order valence-electron chi connectivity index (χ2n) is 2.46. The summed E-state index contributed by atoms with van der Waals surface area (Å²) in [4.78, 5) is 10.2. The Kier molecular flexibility index (Phi) is 17.6. The molecule has 0 unspecified atom stereocenters. The average molecular weight is 224 g/mol. The van der Waals surface area contributed by atoms with Crippen molar-refractivity contribution in [3.63, 3.8) is 0 Å². The van der Waals surface area contributed by atoms with E-state index in [1.807, 2.05) is 0 Å². The topological polar surface area (TPSA) is 96.2 Å². The van der Waals surface area contributed by atoms with Crippen LogP contribution in [0.2, 0.25) is 0 Å². The SMILES string of the molecule is COC(=O)CCCO.OCCOCCO. The third-order valence-electron chi connectivity index (χ3n) is 1.24. The number of methoxy groups -OCH3 is 1. The predicted octanol–water partition coefficient (Wildman–Crippen LogP) is -1.08. The molecule has 15 heavy (non-hydrogen) atoms. The lowest BCUT2D eigenvalue weighted by Crippen LogP contribution is -2.03. The highest BCUT2D eigenvalue weighted by Gasteiger charge is 1.95. The first-order valence-electron chi connectivity index (χ1n) is 4.70. The zero-order valence-electron chi connectivity index (χ0n) is 9.02. The van der Waals surface area contributed by atoms with E-state index in [1.54, 1.807) is 0 Å². The van der Waals surface area contributed by atoms with Crippen molar-refractivity contribution < 1.29 is 29.6 Å². The molecule has 0 fully saturated rings. The molecule has 0 aromatic heterocycles. The molecular weight excluding hydrogens is 204 g/mol. The molecule has 0 aliphatic rings. The maximum atomic E-state index is 10.2. The van der Waals surface area contributed by atoms with Gasteiger partial charge in [0.2, 0.25) is 0 Å². The zero-order chi connectivity index (χ0) is 11.9. The smallest absolute Gasteiger partial charge is 0.305 e. The molecule has 6 nitrogen and oxygen atoms in total. The number of aliphatic hydroxyl groups excluding tert-OH is 3. The Labute approximate surface area is 89.4 Å². The molecule has 0 aromatic rings. The van der Waals surface area contributed by atoms with E-state index in [1.165, 1.54) is 7.11 Å². The lowest BCUT2D eigenvalue weighted by atomic mass is 10.3. The minimum Gasteiger partial charge on any atom is -0.469 e. The Hall–Kier alpha value is -0.690. The molecule has 0 atom stereocenters. The predicted molar refractivity (Wildman–Crippen MR) is 53.3 cm³/mol. The lowest BCUT2D eigenvalue weighted by Gasteiger charge is -1.94. The fourth-order valence-electron chi connectivity index (χ4n) is 0.557. The number of hydrogen-bond donors (Lipinski definition) is 3. The van der Waals surface area contributed by atoms with Gasteiger partial charge in [0.15, 0.2) is 0 Å². The van der Waals surface area contributed by atoms with Gasteiger partial charge in [-0.05, 0) is 6.42 Å². The molecule has 92 valence electrons. The Bertz CT molecular complexity index is 124. The highest BCUT2D eigenvalue weighted by molar-refractivity contribution is 5.68. The van der Waals surface area contributed by atoms with E-state index in [9.17, 15) is 4.79 Å². The van der Waals surface area contributed by atoms with Crippen molar-refractivity contribution in [2.24, 2.45) is 0 Å². The van der Waals surface area contributed by atoms with Gasteiger partial charge < -0.3 is 24.8 Å². The van der Waals surface area contributed by atoms with Gasteiger partial charge in [0.1, 0.15) is 0 Å². The second kappa shape index (κ2) is 15.8. The number of carbonyl (C=O) groups is 1. The first-order chi connectivity index (χ1) is 7.22. The Morgan fingerprint density at radius 1 is 1.07 bits per heavy atom. The molecule has 6 heteroatoms. The van der Waals surface area contributed by atoms with Crippen LogP contribution in [0.5, 0.6) is 0 Å². The molecule has 3 N–H and O–H groups in total. The third-order valence-corrected chi connectivity index (χ3v) is 1.24. The normalized spacial score (nSPS) is 9.07. The highest BCUT2D eigenvalue weighted by atomic mass is 16.5. The van der Waals surface area contributed by atoms with E-state index >= 15 is 0 Å². The van der Waals surface area contributed by atoms with Gasteiger partial charge in [0.25, 0.3) is 0 Å². The molecule has 0 amide bonds. The van der Waals surface area contributed by atoms with Crippen LogP contribution in [0.4, 0.5) is 0 Å². The zero-order valence-corrected chi connectivity index (χ0v) is 9.02. The summed E-state index contributed by atoms with van der Waals surface area (Å²) < 4.78 is 8.93. The average Bonchev–Trinajstić information content (AvgIpc) is 2.27. The van der Waals surface area contributed by atoms with Crippen LogP contribution in [0.15, 0.2) is 0 Å². The number of rotatable bonds is 7. The van der Waals surface area contributed by atoms with Gasteiger partial charge in [-0.15, -0.1) is 0 Å². The van der Waals surface area contributed by atoms with E-state index in [0.717, 1.165) is 0 Å². The fourth-order valence-corrected chi connectivity index (χ4v) is 0.557. The largest absolute Gasteiger partial charge is 0.469 e. The molecule has 0 saturated carbocycles. The minimum absolute atomic E-state index is 0.0278. The van der Waals surface area contributed by atoms with Crippen molar-refractivity contribution in [3.8, 4) is 0 Å². The third kappa shape index (κ3) is 19.6. The van der Waals surface area contributed by atoms with Gasteiger partial charge in [-0.1, -0.05) is 0 Å². The van der Waals surface area contributed by atoms with Gasteiger partial charge >= 0.3 is 5.97 Å². The van der Waals surface area contributed by atoms with Crippen molar-refractivity contribution in [2.45, 2.75) is 12.8 Å². The van der Waals surface area contributed by atoms with Gasteiger partial charge in [0.05, 0.1) is 33.5 Å². The number of aliphatic hydroxyl groups is 3. The van der Waals surface area contributed by atoms with E-state index < -0.39 is 0 Å². The van der Waals surface area contributed by atoms with Crippen LogP contribution in [0.3, 0.4) is 0 Å². The van der Waals surface area contributed by atoms with Crippen LogP contribution in [-0.4, -0.2) is 61.4 Å². The van der Waals surface area contributed by atoms with Crippen LogP contribution < -0.4 is 0 Å². The standard InChI is InChI=1S/C5H10O3.C4H10O3/c1-8-5(7)3-2-4-6;5-1-3-7-4-2-6/h6H,2-4H2,1H3;5-6H,1-4H2. The molecular formula is C9H20O6. The first-order valence-corrected chi connectivity index (χ1v) is 4.70. The summed E-state index contributed by atoms with van der Waals surface area (Å²) in [5, 5.41) is 24.4. The van der Waals surface area contributed by atoms with Crippen LogP contribution in [0, 0.1) is 0 Å². The summed E-state index contributed by atoms with van der Waals surface area (Å²) in [5.41, 5.74) is 0. The lowest BCUT2D eigenvalue weighted by molar-refractivity contribution is -0.140. The molecule has 0 rings (SSSR count). The van der Waals surface area contributed by atoms with Crippen LogP contribution >= 0.6 is 0 Å². The van der Waals surface area contributed by atoms with Crippen LogP contribution in [-0.2, 0) is 14.3 Å². The number of carbonyl (C=O) groups excluding carboxylic acids is 1. The summed E-state index contributed by atoms with van der Waals surface area (Å²) in [6, 6.07) is 0. The van der Waals surface area contributed by atoms with Gasteiger partial charge in [-0.2, -0.15) is 0 Å². The summed E-state index contributed by atoms with van der Waals surface area (Å²) in [7, 11) is 1.33. The molecule has 0 aromatic carbocycles. The minimum atomic E-state index is -0.265. The maximum Gasteiger partial charge on any atom is 0.305 e. The van der Waals surface area contributed by atoms with Crippen molar-refractivity contribution >= 4 is 5.97 Å². The number of esters is 1. The van der Waals surface area contributed by atoms with Crippen molar-refractivity contribution in [2.75, 3.05) is 40.1 Å². The summed E-state index contributed by atoms with van der Waals surface area (Å²) in [6.45, 7) is 0.746. The van der Waals surface area contributed by atoms with Crippen molar-refractivity contribution in [1.29, 1.82) is 0 Å². The van der Waals surface area contributed by atoms with E-state index in [-0.39, 0.29) is 25.8 Å². The van der Waals surface area contributed by atoms with Crippen LogP contribution in [0.25, 0.3) is 0 Å². The maximum absolute atomic E-state index is 10.2. The second-order valence-corrected chi connectivity index (χ2v) is 2.46. The Morgan fingerprint density at radius 2 is 1.60 bits per heavy atom. The van der Waals surface area contributed by atoms with E-state index in [4.69, 9.17) is 15.3 Å².